The highest BCUT2D eigenvalue weighted by atomic mass is 79.9. The van der Waals surface area contributed by atoms with Gasteiger partial charge in [0.1, 0.15) is 0 Å². The molecule has 4 nitrogen and oxygen atoms in total. The van der Waals surface area contributed by atoms with Gasteiger partial charge in [0.25, 0.3) is 5.91 Å². The van der Waals surface area contributed by atoms with E-state index in [4.69, 9.17) is 0 Å². The molecule has 1 fully saturated rings. The molecule has 0 aromatic carbocycles. The molecule has 1 aliphatic heterocycles. The lowest BCUT2D eigenvalue weighted by molar-refractivity contribution is 0.0640. The average molecular weight is 316 g/mol. The third-order valence-electron chi connectivity index (χ3n) is 3.06. The molecule has 1 saturated heterocycles. The van der Waals surface area contributed by atoms with Gasteiger partial charge in [-0.25, -0.2) is 4.39 Å². The van der Waals surface area contributed by atoms with E-state index in [1.54, 1.807) is 4.90 Å². The number of amides is 1. The fraction of sp³-hybridized carbons (Fsp3) is 0.500. The number of hydrogen-bond donors (Lipinski definition) is 0. The summed E-state index contributed by atoms with van der Waals surface area (Å²) >= 11 is 3.40. The van der Waals surface area contributed by atoms with Gasteiger partial charge in [0.2, 0.25) is 0 Å². The summed E-state index contributed by atoms with van der Waals surface area (Å²) in [6, 6.07) is 1.43. The zero-order valence-corrected chi connectivity index (χ0v) is 11.6. The summed E-state index contributed by atoms with van der Waals surface area (Å²) in [6.07, 6.45) is 2.52. The fourth-order valence-corrected chi connectivity index (χ4v) is 2.51. The smallest absolute Gasteiger partial charge is 0.257 e. The van der Waals surface area contributed by atoms with Gasteiger partial charge in [-0.2, -0.15) is 0 Å². The molecule has 0 N–H and O–H groups in total. The van der Waals surface area contributed by atoms with Crippen molar-refractivity contribution in [3.63, 3.8) is 0 Å². The van der Waals surface area contributed by atoms with E-state index < -0.39 is 5.82 Å². The van der Waals surface area contributed by atoms with Gasteiger partial charge in [0.05, 0.1) is 11.8 Å². The Labute approximate surface area is 114 Å². The van der Waals surface area contributed by atoms with E-state index in [0.717, 1.165) is 31.2 Å². The number of rotatable bonds is 3. The first-order valence-electron chi connectivity index (χ1n) is 5.89. The third-order valence-corrected chi connectivity index (χ3v) is 3.42. The van der Waals surface area contributed by atoms with E-state index in [0.29, 0.717) is 13.1 Å². The van der Waals surface area contributed by atoms with Crippen LogP contribution in [0.2, 0.25) is 0 Å². The molecule has 1 amide bonds. The second-order valence-electron chi connectivity index (χ2n) is 4.18. The lowest BCUT2D eigenvalue weighted by atomic mass is 10.2. The number of carbonyl (C=O) groups is 1. The Balaban J connectivity index is 1.98. The molecular weight excluding hydrogens is 301 g/mol. The first-order valence-corrected chi connectivity index (χ1v) is 7.01. The van der Waals surface area contributed by atoms with Crippen molar-refractivity contribution in [1.29, 1.82) is 0 Å². The molecular formula is C12H15BrFN3O. The van der Waals surface area contributed by atoms with E-state index in [1.165, 1.54) is 12.3 Å². The second kappa shape index (κ2) is 6.24. The maximum atomic E-state index is 13.5. The molecule has 6 heteroatoms. The lowest BCUT2D eigenvalue weighted by Gasteiger charge is -2.34. The van der Waals surface area contributed by atoms with Gasteiger partial charge in [-0.15, -0.1) is 0 Å². The van der Waals surface area contributed by atoms with E-state index in [1.807, 2.05) is 0 Å². The highest BCUT2D eigenvalue weighted by molar-refractivity contribution is 9.09. The topological polar surface area (TPSA) is 36.4 Å². The van der Waals surface area contributed by atoms with Gasteiger partial charge in [-0.05, 0) is 6.07 Å². The van der Waals surface area contributed by atoms with Crippen LogP contribution in [-0.4, -0.2) is 58.7 Å². The summed E-state index contributed by atoms with van der Waals surface area (Å²) in [5, 5.41) is 0.930. The summed E-state index contributed by atoms with van der Waals surface area (Å²) in [4.78, 5) is 19.7. The molecule has 1 aromatic rings. The maximum absolute atomic E-state index is 13.5. The number of alkyl halides is 1. The van der Waals surface area contributed by atoms with Crippen molar-refractivity contribution in [1.82, 2.24) is 14.8 Å². The van der Waals surface area contributed by atoms with Crippen molar-refractivity contribution < 1.29 is 9.18 Å². The fourth-order valence-electron chi connectivity index (χ4n) is 2.01. The van der Waals surface area contributed by atoms with Gasteiger partial charge in [0.15, 0.2) is 5.82 Å². The van der Waals surface area contributed by atoms with Crippen LogP contribution in [0.4, 0.5) is 4.39 Å². The molecule has 0 aliphatic carbocycles. The lowest BCUT2D eigenvalue weighted by Crippen LogP contribution is -2.49. The normalized spacial score (nSPS) is 16.9. The molecule has 0 bridgehead atoms. The van der Waals surface area contributed by atoms with E-state index in [9.17, 15) is 9.18 Å². The Bertz CT molecular complexity index is 422. The van der Waals surface area contributed by atoms with Crippen LogP contribution in [-0.2, 0) is 0 Å². The van der Waals surface area contributed by atoms with Crippen LogP contribution >= 0.6 is 15.9 Å². The standard InChI is InChI=1S/C12H15BrFN3O/c13-2-4-16-5-7-17(8-6-16)12(18)10-1-3-15-9-11(10)14/h1,3,9H,2,4-8H2. The van der Waals surface area contributed by atoms with Gasteiger partial charge in [-0.1, -0.05) is 15.9 Å². The molecule has 98 valence electrons. The number of pyridine rings is 1. The number of carbonyl (C=O) groups excluding carboxylic acids is 1. The van der Waals surface area contributed by atoms with Gasteiger partial charge >= 0.3 is 0 Å². The summed E-state index contributed by atoms with van der Waals surface area (Å²) in [5.74, 6) is -0.793. The van der Waals surface area contributed by atoms with Gasteiger partial charge in [-0.3, -0.25) is 14.7 Å². The van der Waals surface area contributed by atoms with E-state index in [2.05, 4.69) is 25.8 Å². The van der Waals surface area contributed by atoms with Gasteiger partial charge in [0, 0.05) is 44.3 Å². The van der Waals surface area contributed by atoms with Crippen LogP contribution in [0.1, 0.15) is 10.4 Å². The summed E-state index contributed by atoms with van der Waals surface area (Å²) < 4.78 is 13.5. The van der Waals surface area contributed by atoms with Crippen molar-refractivity contribution in [3.05, 3.63) is 29.8 Å². The summed E-state index contributed by atoms with van der Waals surface area (Å²) in [6.45, 7) is 3.95. The first-order chi connectivity index (χ1) is 8.72. The Morgan fingerprint density at radius 2 is 2.11 bits per heavy atom. The van der Waals surface area contributed by atoms with Crippen molar-refractivity contribution in [2.24, 2.45) is 0 Å². The van der Waals surface area contributed by atoms with E-state index in [-0.39, 0.29) is 11.5 Å². The molecule has 0 atom stereocenters. The van der Waals surface area contributed by atoms with Gasteiger partial charge < -0.3 is 4.90 Å². The molecule has 0 radical (unpaired) electrons. The largest absolute Gasteiger partial charge is 0.336 e. The Morgan fingerprint density at radius 3 is 2.72 bits per heavy atom. The minimum absolute atomic E-state index is 0.110. The average Bonchev–Trinajstić information content (AvgIpc) is 2.40. The molecule has 2 rings (SSSR count). The van der Waals surface area contributed by atoms with Crippen LogP contribution in [0.25, 0.3) is 0 Å². The van der Waals surface area contributed by atoms with Crippen molar-refractivity contribution in [2.75, 3.05) is 38.1 Å². The van der Waals surface area contributed by atoms with Crippen LogP contribution in [0.5, 0.6) is 0 Å². The monoisotopic (exact) mass is 315 g/mol. The molecule has 1 aromatic heterocycles. The maximum Gasteiger partial charge on any atom is 0.257 e. The minimum atomic E-state index is -0.551. The number of halogens is 2. The van der Waals surface area contributed by atoms with Crippen LogP contribution in [0, 0.1) is 5.82 Å². The third kappa shape index (κ3) is 3.05. The van der Waals surface area contributed by atoms with Crippen molar-refractivity contribution >= 4 is 21.8 Å². The molecule has 0 saturated carbocycles. The Kier molecular flexibility index (Phi) is 4.66. The zero-order valence-electron chi connectivity index (χ0n) is 9.98. The molecule has 2 heterocycles. The number of piperazine rings is 1. The predicted octanol–water partition coefficient (Wildman–Crippen LogP) is 1.37. The zero-order chi connectivity index (χ0) is 13.0. The van der Waals surface area contributed by atoms with Crippen LogP contribution < -0.4 is 0 Å². The highest BCUT2D eigenvalue weighted by Gasteiger charge is 2.23. The molecule has 18 heavy (non-hydrogen) atoms. The van der Waals surface area contributed by atoms with Crippen molar-refractivity contribution in [2.45, 2.75) is 0 Å². The summed E-state index contributed by atoms with van der Waals surface area (Å²) in [5.41, 5.74) is 0.110. The number of aromatic nitrogens is 1. The number of hydrogen-bond acceptors (Lipinski definition) is 3. The van der Waals surface area contributed by atoms with Crippen LogP contribution in [0.15, 0.2) is 18.5 Å². The van der Waals surface area contributed by atoms with E-state index >= 15 is 0 Å². The molecule has 1 aliphatic rings. The quantitative estimate of drug-likeness (QED) is 0.791. The van der Waals surface area contributed by atoms with Crippen molar-refractivity contribution in [3.8, 4) is 0 Å². The summed E-state index contributed by atoms with van der Waals surface area (Å²) in [7, 11) is 0. The first kappa shape index (κ1) is 13.4. The van der Waals surface area contributed by atoms with Crippen LogP contribution in [0.3, 0.4) is 0 Å². The number of nitrogens with zero attached hydrogens (tertiary/aromatic N) is 3. The Hall–Kier alpha value is -1.01. The molecule has 0 unspecified atom stereocenters. The predicted molar refractivity (Wildman–Crippen MR) is 70.3 cm³/mol. The highest BCUT2D eigenvalue weighted by Crippen LogP contribution is 2.11. The second-order valence-corrected chi connectivity index (χ2v) is 4.97. The SMILES string of the molecule is O=C(c1ccncc1F)N1CCN(CCBr)CC1. The molecule has 0 spiro atoms. The Morgan fingerprint density at radius 1 is 1.39 bits per heavy atom. The minimum Gasteiger partial charge on any atom is -0.336 e.